The Morgan fingerprint density at radius 2 is 2.20 bits per heavy atom. The summed E-state index contributed by atoms with van der Waals surface area (Å²) < 4.78 is 0. The Morgan fingerprint density at radius 3 is 2.50 bits per heavy atom. The van der Waals surface area contributed by atoms with E-state index >= 15 is 0 Å². The average molecular weight is 146 g/mol. The lowest BCUT2D eigenvalue weighted by Gasteiger charge is -1.94. The van der Waals surface area contributed by atoms with Gasteiger partial charge in [0.25, 0.3) is 0 Å². The monoisotopic (exact) mass is 146 g/mol. The van der Waals surface area contributed by atoms with Crippen molar-refractivity contribution in [1.29, 1.82) is 0 Å². The number of hydrogen-bond donors (Lipinski definition) is 2. The van der Waals surface area contributed by atoms with Gasteiger partial charge in [0, 0.05) is 5.57 Å². The van der Waals surface area contributed by atoms with Crippen LogP contribution in [0.15, 0.2) is 11.6 Å². The molecule has 0 unspecified atom stereocenters. The Bertz CT molecular complexity index is 132. The standard InChI is InChI=1S/C6H11NO2.H3N/c1-3-4-5(2)6(8)9-7;/h4H,3,7H2,1-2H3;1H3. The van der Waals surface area contributed by atoms with Crippen molar-refractivity contribution in [3.63, 3.8) is 0 Å². The number of nitrogens with two attached hydrogens (primary N) is 1. The van der Waals surface area contributed by atoms with Crippen molar-refractivity contribution in [2.75, 3.05) is 0 Å². The van der Waals surface area contributed by atoms with Gasteiger partial charge in [-0.1, -0.05) is 13.0 Å². The third kappa shape index (κ3) is 4.05. The molecule has 0 atom stereocenters. The summed E-state index contributed by atoms with van der Waals surface area (Å²) in [5, 5.41) is 0. The number of carbonyl (C=O) groups is 1. The molecular formula is C6H14N2O2. The van der Waals surface area contributed by atoms with Gasteiger partial charge in [-0.15, -0.1) is 0 Å². The zero-order valence-electron chi connectivity index (χ0n) is 6.39. The van der Waals surface area contributed by atoms with Gasteiger partial charge in [0.15, 0.2) is 0 Å². The number of carbonyl (C=O) groups excluding carboxylic acids is 1. The SMILES string of the molecule is CCC=C(C)C(=O)ON.N. The van der Waals surface area contributed by atoms with Gasteiger partial charge in [-0.2, -0.15) is 5.90 Å². The normalized spacial score (nSPS) is 10.1. The predicted molar refractivity (Wildman–Crippen MR) is 39.3 cm³/mol. The van der Waals surface area contributed by atoms with E-state index in [1.165, 1.54) is 0 Å². The third-order valence-electron chi connectivity index (χ3n) is 0.939. The van der Waals surface area contributed by atoms with Crippen molar-refractivity contribution in [3.8, 4) is 0 Å². The average Bonchev–Trinajstić information content (AvgIpc) is 1.87. The summed E-state index contributed by atoms with van der Waals surface area (Å²) in [4.78, 5) is 14.4. The molecule has 0 aliphatic carbocycles. The molecule has 0 aliphatic heterocycles. The highest BCUT2D eigenvalue weighted by Crippen LogP contribution is 1.95. The summed E-state index contributed by atoms with van der Waals surface area (Å²) in [5.41, 5.74) is 0.556. The van der Waals surface area contributed by atoms with Gasteiger partial charge in [-0.05, 0) is 13.3 Å². The molecule has 0 rings (SSSR count). The molecule has 4 nitrogen and oxygen atoms in total. The zero-order chi connectivity index (χ0) is 7.28. The van der Waals surface area contributed by atoms with E-state index in [2.05, 4.69) is 10.7 Å². The second kappa shape index (κ2) is 6.25. The van der Waals surface area contributed by atoms with Crippen LogP contribution in [0.4, 0.5) is 0 Å². The summed E-state index contributed by atoms with van der Waals surface area (Å²) >= 11 is 0. The topological polar surface area (TPSA) is 87.3 Å². The van der Waals surface area contributed by atoms with Gasteiger partial charge in [0.1, 0.15) is 0 Å². The molecule has 0 saturated heterocycles. The van der Waals surface area contributed by atoms with Gasteiger partial charge in [-0.25, -0.2) is 4.79 Å². The first-order valence-electron chi connectivity index (χ1n) is 2.80. The summed E-state index contributed by atoms with van der Waals surface area (Å²) in [6, 6.07) is 0. The molecular weight excluding hydrogens is 132 g/mol. The zero-order valence-corrected chi connectivity index (χ0v) is 6.39. The largest absolute Gasteiger partial charge is 0.370 e. The first-order valence-corrected chi connectivity index (χ1v) is 2.80. The summed E-state index contributed by atoms with van der Waals surface area (Å²) in [6.45, 7) is 3.60. The molecule has 60 valence electrons. The molecule has 4 heteroatoms. The van der Waals surface area contributed by atoms with Crippen molar-refractivity contribution in [2.24, 2.45) is 5.90 Å². The molecule has 0 heterocycles. The van der Waals surface area contributed by atoms with Crippen molar-refractivity contribution in [3.05, 3.63) is 11.6 Å². The minimum atomic E-state index is -0.461. The van der Waals surface area contributed by atoms with E-state index in [1.807, 2.05) is 6.92 Å². The fraction of sp³-hybridized carbons (Fsp3) is 0.500. The van der Waals surface area contributed by atoms with Crippen molar-refractivity contribution < 1.29 is 9.63 Å². The van der Waals surface area contributed by atoms with Crippen molar-refractivity contribution >= 4 is 5.97 Å². The fourth-order valence-corrected chi connectivity index (χ4v) is 0.482. The molecule has 0 radical (unpaired) electrons. The molecule has 0 saturated carbocycles. The van der Waals surface area contributed by atoms with Crippen LogP contribution in [0.1, 0.15) is 20.3 Å². The molecule has 0 fully saturated rings. The maximum Gasteiger partial charge on any atom is 0.351 e. The summed E-state index contributed by atoms with van der Waals surface area (Å²) in [5.74, 6) is 4.15. The van der Waals surface area contributed by atoms with Gasteiger partial charge < -0.3 is 11.0 Å². The lowest BCUT2D eigenvalue weighted by Crippen LogP contribution is -2.10. The van der Waals surface area contributed by atoms with Gasteiger partial charge in [0.2, 0.25) is 0 Å². The second-order valence-corrected chi connectivity index (χ2v) is 1.70. The third-order valence-corrected chi connectivity index (χ3v) is 0.939. The van der Waals surface area contributed by atoms with E-state index in [0.29, 0.717) is 5.57 Å². The Kier molecular flexibility index (Phi) is 7.42. The minimum Gasteiger partial charge on any atom is -0.370 e. The molecule has 0 spiro atoms. The van der Waals surface area contributed by atoms with E-state index in [-0.39, 0.29) is 6.15 Å². The summed E-state index contributed by atoms with van der Waals surface area (Å²) in [6.07, 6.45) is 2.58. The van der Waals surface area contributed by atoms with Crippen LogP contribution in [0.25, 0.3) is 0 Å². The van der Waals surface area contributed by atoms with E-state index < -0.39 is 5.97 Å². The molecule has 10 heavy (non-hydrogen) atoms. The molecule has 0 aromatic rings. The molecule has 5 N–H and O–H groups in total. The van der Waals surface area contributed by atoms with Crippen molar-refractivity contribution in [1.82, 2.24) is 6.15 Å². The Balaban J connectivity index is 0. The highest BCUT2D eigenvalue weighted by molar-refractivity contribution is 5.87. The van der Waals surface area contributed by atoms with Gasteiger partial charge in [0.05, 0.1) is 0 Å². The fourth-order valence-electron chi connectivity index (χ4n) is 0.482. The molecule has 0 aromatic carbocycles. The van der Waals surface area contributed by atoms with Crippen LogP contribution < -0.4 is 12.0 Å². The second-order valence-electron chi connectivity index (χ2n) is 1.70. The first-order chi connectivity index (χ1) is 4.22. The maximum absolute atomic E-state index is 10.5. The van der Waals surface area contributed by atoms with E-state index in [1.54, 1.807) is 13.0 Å². The van der Waals surface area contributed by atoms with Crippen LogP contribution in [0, 0.1) is 0 Å². The lowest BCUT2D eigenvalue weighted by molar-refractivity contribution is -0.139. The predicted octanol–water partition coefficient (Wildman–Crippen LogP) is 0.922. The van der Waals surface area contributed by atoms with Crippen molar-refractivity contribution in [2.45, 2.75) is 20.3 Å². The Morgan fingerprint density at radius 1 is 1.70 bits per heavy atom. The van der Waals surface area contributed by atoms with E-state index in [4.69, 9.17) is 0 Å². The quantitative estimate of drug-likeness (QED) is 0.448. The minimum absolute atomic E-state index is 0. The lowest BCUT2D eigenvalue weighted by atomic mass is 10.2. The van der Waals surface area contributed by atoms with Crippen LogP contribution in [-0.4, -0.2) is 5.97 Å². The number of rotatable bonds is 2. The highest BCUT2D eigenvalue weighted by atomic mass is 16.7. The molecule has 0 amide bonds. The first kappa shape index (κ1) is 11.9. The molecule has 0 aromatic heterocycles. The van der Waals surface area contributed by atoms with Crippen LogP contribution in [0.5, 0.6) is 0 Å². The molecule has 0 bridgehead atoms. The number of allylic oxidation sites excluding steroid dienone is 1. The van der Waals surface area contributed by atoms with Crippen LogP contribution >= 0.6 is 0 Å². The number of hydrogen-bond acceptors (Lipinski definition) is 4. The Labute approximate surface area is 60.6 Å². The summed E-state index contributed by atoms with van der Waals surface area (Å²) in [7, 11) is 0. The van der Waals surface area contributed by atoms with Crippen LogP contribution in [0.3, 0.4) is 0 Å². The maximum atomic E-state index is 10.5. The van der Waals surface area contributed by atoms with Crippen LogP contribution in [-0.2, 0) is 9.63 Å². The highest BCUT2D eigenvalue weighted by Gasteiger charge is 2.00. The molecule has 0 aliphatic rings. The van der Waals surface area contributed by atoms with E-state index in [0.717, 1.165) is 6.42 Å². The Hall–Kier alpha value is -0.870. The van der Waals surface area contributed by atoms with E-state index in [9.17, 15) is 4.79 Å². The van der Waals surface area contributed by atoms with Crippen LogP contribution in [0.2, 0.25) is 0 Å². The van der Waals surface area contributed by atoms with Gasteiger partial charge in [-0.3, -0.25) is 0 Å². The smallest absolute Gasteiger partial charge is 0.351 e. The van der Waals surface area contributed by atoms with Gasteiger partial charge >= 0.3 is 5.97 Å².